The van der Waals surface area contributed by atoms with Crippen LogP contribution in [0.4, 0.5) is 15.8 Å². The fourth-order valence-electron chi connectivity index (χ4n) is 4.36. The molecule has 1 saturated heterocycles. The molecule has 1 fully saturated rings. The van der Waals surface area contributed by atoms with E-state index in [2.05, 4.69) is 15.6 Å². The summed E-state index contributed by atoms with van der Waals surface area (Å²) >= 11 is 6.06. The van der Waals surface area contributed by atoms with Gasteiger partial charge in [0.15, 0.2) is 0 Å². The largest absolute Gasteiger partial charge is 0.384 e. The third kappa shape index (κ3) is 5.47. The molecule has 186 valence electrons. The van der Waals surface area contributed by atoms with Crippen LogP contribution in [-0.4, -0.2) is 35.4 Å². The van der Waals surface area contributed by atoms with Gasteiger partial charge in [0.1, 0.15) is 11.9 Å². The molecule has 0 spiro atoms. The Kier molecular flexibility index (Phi) is 7.14. The summed E-state index contributed by atoms with van der Waals surface area (Å²) < 4.78 is 13.4. The number of carbonyl (C=O) groups excluding carboxylic acids is 2. The minimum atomic E-state index is -0.707. The number of anilines is 2. The second kappa shape index (κ2) is 10.8. The highest BCUT2D eigenvalue weighted by molar-refractivity contribution is 6.31. The van der Waals surface area contributed by atoms with E-state index >= 15 is 0 Å². The maximum absolute atomic E-state index is 13.4. The first kappa shape index (κ1) is 24.5. The molecule has 5 rings (SSSR count). The van der Waals surface area contributed by atoms with Gasteiger partial charge in [-0.05, 0) is 54.1 Å². The number of fused-ring (bicyclic) bond motifs is 1. The van der Waals surface area contributed by atoms with E-state index in [4.69, 9.17) is 11.6 Å². The van der Waals surface area contributed by atoms with E-state index in [9.17, 15) is 14.0 Å². The van der Waals surface area contributed by atoms with Gasteiger partial charge in [-0.2, -0.15) is 0 Å². The van der Waals surface area contributed by atoms with Crippen LogP contribution in [0.15, 0.2) is 91.1 Å². The van der Waals surface area contributed by atoms with Crippen LogP contribution in [0.3, 0.4) is 0 Å². The highest BCUT2D eigenvalue weighted by Gasteiger charge is 2.47. The molecule has 1 aliphatic heterocycles. The molecule has 2 atom stereocenters. The number of β-lactam (4-membered cyclic amide) rings is 1. The second-order valence-corrected chi connectivity index (χ2v) is 9.12. The van der Waals surface area contributed by atoms with Crippen LogP contribution in [0, 0.1) is 5.82 Å². The van der Waals surface area contributed by atoms with Crippen LogP contribution < -0.4 is 15.5 Å². The Morgan fingerprint density at radius 3 is 2.62 bits per heavy atom. The van der Waals surface area contributed by atoms with Gasteiger partial charge in [-0.1, -0.05) is 54.1 Å². The van der Waals surface area contributed by atoms with Crippen molar-refractivity contribution in [3.63, 3.8) is 0 Å². The number of halogens is 2. The topological polar surface area (TPSA) is 74.3 Å². The van der Waals surface area contributed by atoms with Gasteiger partial charge >= 0.3 is 0 Å². The monoisotopic (exact) mass is 514 g/mol. The summed E-state index contributed by atoms with van der Waals surface area (Å²) in [6.45, 7) is 0.376. The molecule has 0 radical (unpaired) electrons. The summed E-state index contributed by atoms with van der Waals surface area (Å²) in [5.74, 6) is -0.868. The van der Waals surface area contributed by atoms with E-state index in [1.54, 1.807) is 35.4 Å². The molecule has 4 aromatic rings. The number of pyridine rings is 1. The van der Waals surface area contributed by atoms with Crippen molar-refractivity contribution in [3.05, 3.63) is 108 Å². The Hall–Kier alpha value is -4.23. The first-order valence-electron chi connectivity index (χ1n) is 11.9. The zero-order chi connectivity index (χ0) is 25.8. The summed E-state index contributed by atoms with van der Waals surface area (Å²) in [7, 11) is 0. The highest BCUT2D eigenvalue weighted by Crippen LogP contribution is 2.30. The van der Waals surface area contributed by atoms with Gasteiger partial charge in [0.2, 0.25) is 5.91 Å². The van der Waals surface area contributed by atoms with Crippen molar-refractivity contribution in [2.24, 2.45) is 0 Å². The zero-order valence-electron chi connectivity index (χ0n) is 19.8. The number of hydrogen-bond donors (Lipinski definition) is 2. The van der Waals surface area contributed by atoms with E-state index < -0.39 is 12.1 Å². The van der Waals surface area contributed by atoms with Crippen molar-refractivity contribution in [2.45, 2.75) is 18.5 Å². The van der Waals surface area contributed by atoms with E-state index in [0.717, 1.165) is 22.2 Å². The smallest absolute Gasteiger partial charge is 0.252 e. The van der Waals surface area contributed by atoms with Gasteiger partial charge in [0.05, 0.1) is 11.6 Å². The number of amides is 2. The molecule has 0 aliphatic carbocycles. The van der Waals surface area contributed by atoms with E-state index in [1.807, 2.05) is 54.6 Å². The number of rotatable bonds is 8. The van der Waals surface area contributed by atoms with Crippen LogP contribution in [0.1, 0.15) is 12.0 Å². The van der Waals surface area contributed by atoms with E-state index in [-0.39, 0.29) is 24.1 Å². The lowest BCUT2D eigenvalue weighted by atomic mass is 9.92. The molecule has 3 aromatic carbocycles. The molecule has 0 saturated carbocycles. The van der Waals surface area contributed by atoms with Gasteiger partial charge < -0.3 is 15.5 Å². The van der Waals surface area contributed by atoms with Crippen LogP contribution in [-0.2, 0) is 9.59 Å². The average molecular weight is 515 g/mol. The Labute approximate surface area is 218 Å². The third-order valence-corrected chi connectivity index (χ3v) is 6.46. The molecular formula is C29H24ClFN4O2. The quantitative estimate of drug-likeness (QED) is 0.307. The van der Waals surface area contributed by atoms with Gasteiger partial charge in [0, 0.05) is 40.9 Å². The lowest BCUT2D eigenvalue weighted by Gasteiger charge is -2.45. The first-order chi connectivity index (χ1) is 18.0. The molecule has 8 heteroatoms. The minimum absolute atomic E-state index is 0.173. The van der Waals surface area contributed by atoms with Crippen molar-refractivity contribution >= 4 is 51.8 Å². The number of carbonyl (C=O) groups is 2. The predicted molar refractivity (Wildman–Crippen MR) is 145 cm³/mol. The van der Waals surface area contributed by atoms with Crippen molar-refractivity contribution in [1.82, 2.24) is 10.3 Å². The second-order valence-electron chi connectivity index (χ2n) is 8.69. The molecule has 1 aliphatic rings. The Bertz CT molecular complexity index is 1460. The molecule has 0 bridgehead atoms. The number of benzene rings is 3. The normalized spacial score (nSPS) is 17.1. The van der Waals surface area contributed by atoms with Crippen molar-refractivity contribution in [3.8, 4) is 0 Å². The van der Waals surface area contributed by atoms with Crippen LogP contribution in [0.25, 0.3) is 17.0 Å². The summed E-state index contributed by atoms with van der Waals surface area (Å²) in [4.78, 5) is 31.7. The average Bonchev–Trinajstić information content (AvgIpc) is 2.91. The molecule has 1 aromatic heterocycles. The number of nitrogens with zero attached hydrogens (tertiary/aromatic N) is 2. The van der Waals surface area contributed by atoms with Gasteiger partial charge in [-0.25, -0.2) is 4.39 Å². The summed E-state index contributed by atoms with van der Waals surface area (Å²) in [5, 5.41) is 7.65. The highest BCUT2D eigenvalue weighted by atomic mass is 35.5. The lowest BCUT2D eigenvalue weighted by molar-refractivity contribution is -0.131. The number of aromatic nitrogens is 1. The van der Waals surface area contributed by atoms with Gasteiger partial charge in [-0.15, -0.1) is 0 Å². The van der Waals surface area contributed by atoms with Crippen LogP contribution >= 0.6 is 11.6 Å². The summed E-state index contributed by atoms with van der Waals surface area (Å²) in [6.07, 6.45) is 5.65. The molecular weight excluding hydrogens is 491 g/mol. The summed E-state index contributed by atoms with van der Waals surface area (Å²) in [5.41, 5.74) is 3.16. The molecule has 0 unspecified atom stereocenters. The summed E-state index contributed by atoms with van der Waals surface area (Å²) in [6, 6.07) is 21.6. The van der Waals surface area contributed by atoms with Gasteiger partial charge in [-0.3, -0.25) is 14.6 Å². The number of hydrogen-bond acceptors (Lipinski definition) is 4. The standard InChI is InChI=1S/C29H24ClFN4O2/c30-20-7-12-23-24(14-16-33-25(23)18-20)32-17-15-27(36)34-28-26(13-6-19-4-2-1-3-5-19)35(29(28)37)22-10-8-21(31)9-11-22/h1-14,16,18,26,28H,15,17H2,(H,32,33)(H,34,36)/b13-6+/t26-,28+/m0/s1. The SMILES string of the molecule is O=C(CCNc1ccnc2cc(Cl)ccc12)N[C@H]1C(=O)N(c2ccc(F)cc2)[C@H]1/C=C/c1ccccc1. The van der Waals surface area contributed by atoms with Crippen LogP contribution in [0.5, 0.6) is 0 Å². The lowest BCUT2D eigenvalue weighted by Crippen LogP contribution is -2.70. The molecule has 2 amide bonds. The Morgan fingerprint density at radius 2 is 1.84 bits per heavy atom. The van der Waals surface area contributed by atoms with Crippen molar-refractivity contribution in [1.29, 1.82) is 0 Å². The van der Waals surface area contributed by atoms with E-state index in [0.29, 0.717) is 17.3 Å². The fraction of sp³-hybridized carbons (Fsp3) is 0.138. The maximum atomic E-state index is 13.4. The molecule has 2 heterocycles. The Morgan fingerprint density at radius 1 is 1.05 bits per heavy atom. The molecule has 6 nitrogen and oxygen atoms in total. The molecule has 2 N–H and O–H groups in total. The Balaban J connectivity index is 1.25. The van der Waals surface area contributed by atoms with E-state index in [1.165, 1.54) is 12.1 Å². The maximum Gasteiger partial charge on any atom is 0.252 e. The predicted octanol–water partition coefficient (Wildman–Crippen LogP) is 5.44. The fourth-order valence-corrected chi connectivity index (χ4v) is 4.53. The third-order valence-electron chi connectivity index (χ3n) is 6.22. The molecule has 37 heavy (non-hydrogen) atoms. The first-order valence-corrected chi connectivity index (χ1v) is 12.3. The van der Waals surface area contributed by atoms with Gasteiger partial charge in [0.25, 0.3) is 5.91 Å². The van der Waals surface area contributed by atoms with Crippen molar-refractivity contribution in [2.75, 3.05) is 16.8 Å². The van der Waals surface area contributed by atoms with Crippen molar-refractivity contribution < 1.29 is 14.0 Å². The van der Waals surface area contributed by atoms with Crippen LogP contribution in [0.2, 0.25) is 5.02 Å². The zero-order valence-corrected chi connectivity index (χ0v) is 20.5. The minimum Gasteiger partial charge on any atom is -0.384 e. The number of nitrogens with one attached hydrogen (secondary N) is 2.